The number of benzene rings is 1. The van der Waals surface area contributed by atoms with Crippen molar-refractivity contribution in [1.82, 2.24) is 24.5 Å². The maximum atomic E-state index is 12.7. The van der Waals surface area contributed by atoms with Crippen molar-refractivity contribution in [2.45, 2.75) is 20.0 Å². The van der Waals surface area contributed by atoms with Crippen LogP contribution in [0.4, 0.5) is 5.69 Å². The second-order valence-corrected chi connectivity index (χ2v) is 8.55. The Morgan fingerprint density at radius 1 is 1.21 bits per heavy atom. The van der Waals surface area contributed by atoms with Crippen LogP contribution in [0, 0.1) is 6.92 Å². The number of anilines is 1. The Balaban J connectivity index is 1.30. The van der Waals surface area contributed by atoms with Gasteiger partial charge >= 0.3 is 0 Å². The Labute approximate surface area is 194 Å². The van der Waals surface area contributed by atoms with Crippen LogP contribution < -0.4 is 10.1 Å². The fraction of sp³-hybridized carbons (Fsp3) is 0.167. The summed E-state index contributed by atoms with van der Waals surface area (Å²) in [6, 6.07) is 13.9. The lowest BCUT2D eigenvalue weighted by molar-refractivity contribution is -0.116. The molecule has 0 aliphatic carbocycles. The molecule has 0 bridgehead atoms. The van der Waals surface area contributed by atoms with Crippen molar-refractivity contribution < 1.29 is 9.53 Å². The van der Waals surface area contributed by atoms with Crippen molar-refractivity contribution in [1.29, 1.82) is 0 Å². The number of amides is 1. The highest BCUT2D eigenvalue weighted by Gasteiger charge is 2.16. The predicted molar refractivity (Wildman–Crippen MR) is 129 cm³/mol. The molecule has 9 heteroatoms. The van der Waals surface area contributed by atoms with Gasteiger partial charge in [-0.1, -0.05) is 18.2 Å². The Morgan fingerprint density at radius 3 is 2.94 bits per heavy atom. The van der Waals surface area contributed by atoms with E-state index in [1.807, 2.05) is 48.7 Å². The molecular formula is C24H22N6O2S. The van der Waals surface area contributed by atoms with Crippen molar-refractivity contribution in [2.75, 3.05) is 12.4 Å². The molecule has 0 unspecified atom stereocenters. The number of thiophene rings is 1. The number of carbonyl (C=O) groups is 1. The number of aryl methyl sites for hydroxylation is 1. The van der Waals surface area contributed by atoms with E-state index in [0.29, 0.717) is 17.9 Å². The second-order valence-electron chi connectivity index (χ2n) is 7.60. The SMILES string of the molecule is COc1cccc(Cn2cc(NC(=O)Cn3nc(C)c4c(-c5cccs5)ccnc43)cn2)c1. The molecule has 1 aromatic carbocycles. The average molecular weight is 459 g/mol. The first-order valence-electron chi connectivity index (χ1n) is 10.4. The topological polar surface area (TPSA) is 86.9 Å². The molecule has 0 aliphatic heterocycles. The first-order chi connectivity index (χ1) is 16.1. The summed E-state index contributed by atoms with van der Waals surface area (Å²) < 4.78 is 8.69. The largest absolute Gasteiger partial charge is 0.497 e. The number of nitrogens with one attached hydrogen (secondary N) is 1. The van der Waals surface area contributed by atoms with Gasteiger partial charge in [0, 0.05) is 22.8 Å². The molecule has 0 aliphatic rings. The summed E-state index contributed by atoms with van der Waals surface area (Å²) in [7, 11) is 1.64. The highest BCUT2D eigenvalue weighted by molar-refractivity contribution is 7.13. The van der Waals surface area contributed by atoms with E-state index < -0.39 is 0 Å². The lowest BCUT2D eigenvalue weighted by Gasteiger charge is -2.05. The van der Waals surface area contributed by atoms with E-state index in [1.54, 1.807) is 46.4 Å². The van der Waals surface area contributed by atoms with Crippen LogP contribution in [0.2, 0.25) is 0 Å². The van der Waals surface area contributed by atoms with Crippen LogP contribution in [0.25, 0.3) is 21.5 Å². The fourth-order valence-electron chi connectivity index (χ4n) is 3.84. The molecule has 0 saturated carbocycles. The van der Waals surface area contributed by atoms with Gasteiger partial charge in [0.2, 0.25) is 5.91 Å². The van der Waals surface area contributed by atoms with Gasteiger partial charge in [0.05, 0.1) is 36.6 Å². The van der Waals surface area contributed by atoms with Gasteiger partial charge in [-0.05, 0) is 42.1 Å². The van der Waals surface area contributed by atoms with Crippen LogP contribution in [0.3, 0.4) is 0 Å². The van der Waals surface area contributed by atoms with Crippen LogP contribution in [0.5, 0.6) is 5.75 Å². The van der Waals surface area contributed by atoms with Gasteiger partial charge in [0.1, 0.15) is 12.3 Å². The third kappa shape index (κ3) is 4.35. The highest BCUT2D eigenvalue weighted by atomic mass is 32.1. The van der Waals surface area contributed by atoms with Gasteiger partial charge < -0.3 is 10.1 Å². The summed E-state index contributed by atoms with van der Waals surface area (Å²) in [6.07, 6.45) is 5.20. The van der Waals surface area contributed by atoms with Gasteiger partial charge in [0.15, 0.2) is 5.65 Å². The Hall–Kier alpha value is -3.98. The lowest BCUT2D eigenvalue weighted by Crippen LogP contribution is -2.19. The van der Waals surface area contributed by atoms with Crippen molar-refractivity contribution in [3.8, 4) is 16.2 Å². The average Bonchev–Trinajstić information content (AvgIpc) is 3.56. The van der Waals surface area contributed by atoms with Crippen LogP contribution in [0.1, 0.15) is 11.3 Å². The molecule has 0 radical (unpaired) electrons. The molecule has 0 fully saturated rings. The number of aromatic nitrogens is 5. The van der Waals surface area contributed by atoms with Crippen molar-refractivity contribution >= 4 is 34.0 Å². The molecule has 0 spiro atoms. The summed E-state index contributed by atoms with van der Waals surface area (Å²) in [6.45, 7) is 2.58. The van der Waals surface area contributed by atoms with E-state index >= 15 is 0 Å². The number of carbonyl (C=O) groups excluding carboxylic acids is 1. The highest BCUT2D eigenvalue weighted by Crippen LogP contribution is 2.32. The summed E-state index contributed by atoms with van der Waals surface area (Å²) in [4.78, 5) is 18.4. The van der Waals surface area contributed by atoms with E-state index in [-0.39, 0.29) is 12.5 Å². The van der Waals surface area contributed by atoms with Crippen LogP contribution in [0.15, 0.2) is 66.4 Å². The number of pyridine rings is 1. The molecule has 166 valence electrons. The minimum atomic E-state index is -0.191. The molecule has 5 rings (SSSR count). The van der Waals surface area contributed by atoms with E-state index in [2.05, 4.69) is 26.6 Å². The standard InChI is InChI=1S/C24H22N6O2S/c1-16-23-20(21-7-4-10-33-21)8-9-25-24(23)30(28-16)15-22(31)27-18-12-26-29(14-18)13-17-5-3-6-19(11-17)32-2/h3-12,14H,13,15H2,1-2H3,(H,27,31). The Morgan fingerprint density at radius 2 is 2.12 bits per heavy atom. The molecule has 1 amide bonds. The van der Waals surface area contributed by atoms with Gasteiger partial charge in [0.25, 0.3) is 0 Å². The van der Waals surface area contributed by atoms with Crippen LogP contribution in [-0.2, 0) is 17.9 Å². The summed E-state index contributed by atoms with van der Waals surface area (Å²) in [5.41, 5.74) is 4.31. The number of methoxy groups -OCH3 is 1. The molecular weight excluding hydrogens is 436 g/mol. The van der Waals surface area contributed by atoms with Crippen molar-refractivity contribution in [2.24, 2.45) is 0 Å². The van der Waals surface area contributed by atoms with E-state index in [1.165, 1.54) is 0 Å². The Kier molecular flexibility index (Phi) is 5.62. The third-order valence-corrected chi connectivity index (χ3v) is 6.19. The molecule has 0 atom stereocenters. The number of rotatable bonds is 7. The molecule has 5 aromatic rings. The van der Waals surface area contributed by atoms with Gasteiger partial charge in [-0.15, -0.1) is 11.3 Å². The number of hydrogen-bond donors (Lipinski definition) is 1. The molecule has 8 nitrogen and oxygen atoms in total. The smallest absolute Gasteiger partial charge is 0.246 e. The zero-order valence-corrected chi connectivity index (χ0v) is 19.0. The van der Waals surface area contributed by atoms with Crippen LogP contribution >= 0.6 is 11.3 Å². The number of nitrogens with zero attached hydrogens (tertiary/aromatic N) is 5. The predicted octanol–water partition coefficient (Wildman–Crippen LogP) is 4.36. The maximum absolute atomic E-state index is 12.7. The van der Waals surface area contributed by atoms with Gasteiger partial charge in [-0.3, -0.25) is 9.48 Å². The van der Waals surface area contributed by atoms with Crippen molar-refractivity contribution in [3.05, 3.63) is 77.7 Å². The first kappa shape index (κ1) is 20.9. The number of ether oxygens (including phenoxy) is 1. The number of fused-ring (bicyclic) bond motifs is 1. The Bertz CT molecular complexity index is 1420. The summed E-state index contributed by atoms with van der Waals surface area (Å²) in [5, 5.41) is 14.9. The molecule has 33 heavy (non-hydrogen) atoms. The van der Waals surface area contributed by atoms with E-state index in [9.17, 15) is 4.79 Å². The quantitative estimate of drug-likeness (QED) is 0.392. The zero-order valence-electron chi connectivity index (χ0n) is 18.2. The fourth-order valence-corrected chi connectivity index (χ4v) is 4.60. The normalized spacial score (nSPS) is 11.1. The molecule has 4 heterocycles. The van der Waals surface area contributed by atoms with Crippen LogP contribution in [-0.4, -0.2) is 37.6 Å². The second kappa shape index (κ2) is 8.87. The first-order valence-corrected chi connectivity index (χ1v) is 11.3. The minimum absolute atomic E-state index is 0.0618. The maximum Gasteiger partial charge on any atom is 0.246 e. The van der Waals surface area contributed by atoms with Gasteiger partial charge in [-0.2, -0.15) is 10.2 Å². The van der Waals surface area contributed by atoms with E-state index in [4.69, 9.17) is 4.74 Å². The van der Waals surface area contributed by atoms with Gasteiger partial charge in [-0.25, -0.2) is 9.67 Å². The zero-order chi connectivity index (χ0) is 22.8. The van der Waals surface area contributed by atoms with E-state index in [0.717, 1.165) is 32.8 Å². The third-order valence-electron chi connectivity index (χ3n) is 5.28. The minimum Gasteiger partial charge on any atom is -0.497 e. The summed E-state index contributed by atoms with van der Waals surface area (Å²) in [5.74, 6) is 0.606. The molecule has 0 saturated heterocycles. The monoisotopic (exact) mass is 458 g/mol. The molecule has 1 N–H and O–H groups in total. The summed E-state index contributed by atoms with van der Waals surface area (Å²) >= 11 is 1.67. The lowest BCUT2D eigenvalue weighted by atomic mass is 10.1. The van der Waals surface area contributed by atoms with Crippen molar-refractivity contribution in [3.63, 3.8) is 0 Å². The number of hydrogen-bond acceptors (Lipinski definition) is 6. The molecule has 4 aromatic heterocycles.